The van der Waals surface area contributed by atoms with Crippen LogP contribution in [0.15, 0.2) is 385 Å². The Morgan fingerprint density at radius 3 is 1.20 bits per heavy atom. The van der Waals surface area contributed by atoms with Gasteiger partial charge in [0.1, 0.15) is 51.6 Å². The molecule has 14 aromatic rings. The summed E-state index contributed by atoms with van der Waals surface area (Å²) in [5, 5.41) is 7.64. The first-order valence-electron chi connectivity index (χ1n) is 42.8. The summed E-state index contributed by atoms with van der Waals surface area (Å²) in [6.07, 6.45) is 31.6. The Balaban J connectivity index is 0.000000132. The van der Waals surface area contributed by atoms with Crippen LogP contribution in [-0.2, 0) is 21.9 Å². The maximum Gasteiger partial charge on any atom is 2.00 e. The Hall–Kier alpha value is -14.9. The Morgan fingerprint density at radius 1 is 0.378 bits per heavy atom. The molecule has 0 saturated heterocycles. The van der Waals surface area contributed by atoms with Crippen LogP contribution in [0.5, 0.6) is 40.2 Å². The molecule has 1 amide bonds. The minimum absolute atomic E-state index is 0. The van der Waals surface area contributed by atoms with Crippen LogP contribution in [0.2, 0.25) is 0 Å². The van der Waals surface area contributed by atoms with Crippen molar-refractivity contribution in [1.82, 2.24) is 0 Å². The summed E-state index contributed by atoms with van der Waals surface area (Å²) in [5.74, 6) is 7.57. The molecule has 11 aromatic carbocycles. The minimum atomic E-state index is -0.120. The van der Waals surface area contributed by atoms with Gasteiger partial charge in [-0.15, -0.1) is 0 Å². The molecule has 0 spiro atoms. The number of hydrogen-bond acceptors (Lipinski definition) is 18. The van der Waals surface area contributed by atoms with Gasteiger partial charge in [-0.1, -0.05) is 235 Å². The first-order valence-corrected chi connectivity index (χ1v) is 45.3. The number of thiophene rings is 1. The minimum Gasteiger partial charge on any atom is -0.472 e. The van der Waals surface area contributed by atoms with Crippen LogP contribution in [0.3, 0.4) is 0 Å². The van der Waals surface area contributed by atoms with Crippen LogP contribution < -0.4 is 38.5 Å². The Bertz CT molecular complexity index is 6820. The fourth-order valence-electron chi connectivity index (χ4n) is 15.0. The quantitative estimate of drug-likeness (QED) is 0.0802. The third-order valence-electron chi connectivity index (χ3n) is 21.6. The third kappa shape index (κ3) is 24.9. The molecular formula is C113H89Br2FeNO17S. The van der Waals surface area contributed by atoms with E-state index in [-0.39, 0.29) is 78.3 Å². The molecule has 10 heterocycles. The first-order chi connectivity index (χ1) is 64.5. The summed E-state index contributed by atoms with van der Waals surface area (Å²) in [6, 6.07) is 87.0. The Kier molecular flexibility index (Phi) is 34.0. The molecule has 23 rings (SSSR count). The summed E-state index contributed by atoms with van der Waals surface area (Å²) in [4.78, 5) is 95.3. The predicted octanol–water partition coefficient (Wildman–Crippen LogP) is 28.4. The van der Waals surface area contributed by atoms with E-state index in [9.17, 15) is 38.4 Å². The average Bonchev–Trinajstić information content (AvgIpc) is 1.68. The summed E-state index contributed by atoms with van der Waals surface area (Å²) in [5.41, 5.74) is 10.5. The van der Waals surface area contributed by atoms with Crippen molar-refractivity contribution < 1.29 is 97.4 Å². The van der Waals surface area contributed by atoms with Crippen LogP contribution >= 0.6 is 43.2 Å². The second-order valence-electron chi connectivity index (χ2n) is 30.9. The van der Waals surface area contributed by atoms with Crippen LogP contribution in [0.1, 0.15) is 171 Å². The second kappa shape index (κ2) is 46.9. The molecule has 9 aliphatic rings. The zero-order valence-corrected chi connectivity index (χ0v) is 78.6. The van der Waals surface area contributed by atoms with Gasteiger partial charge in [-0.25, -0.2) is 0 Å². The van der Waals surface area contributed by atoms with E-state index in [1.54, 1.807) is 145 Å². The molecule has 0 bridgehead atoms. The van der Waals surface area contributed by atoms with Crippen LogP contribution in [0.25, 0.3) is 47.4 Å². The van der Waals surface area contributed by atoms with Gasteiger partial charge < -0.3 is 62.2 Å². The van der Waals surface area contributed by atoms with E-state index in [1.165, 1.54) is 64.7 Å². The molecular weight excluding hydrogens is 1890 g/mol. The van der Waals surface area contributed by atoms with Gasteiger partial charge in [0.15, 0.2) is 40.3 Å². The van der Waals surface area contributed by atoms with Gasteiger partial charge in [-0.2, -0.15) is 11.3 Å². The van der Waals surface area contributed by atoms with Gasteiger partial charge in [-0.05, 0) is 228 Å². The zero-order valence-electron chi connectivity index (χ0n) is 73.5. The number of halogens is 2. The fourth-order valence-corrected chi connectivity index (χ4v) is 16.4. The number of carbonyl (C=O) groups is 8. The van der Waals surface area contributed by atoms with Gasteiger partial charge in [0.2, 0.25) is 46.4 Å². The summed E-state index contributed by atoms with van der Waals surface area (Å²) in [7, 11) is 0. The van der Waals surface area contributed by atoms with Gasteiger partial charge in [0, 0.05) is 38.6 Å². The molecule has 676 valence electrons. The van der Waals surface area contributed by atoms with E-state index in [1.807, 2.05) is 229 Å². The molecule has 1 N–H and O–H groups in total. The Labute approximate surface area is 813 Å². The van der Waals surface area contributed by atoms with Gasteiger partial charge >= 0.3 is 17.1 Å². The number of benzene rings is 11. The molecule has 2 saturated carbocycles. The number of amides is 1. The molecule has 0 unspecified atom stereocenters. The molecule has 2 fully saturated rings. The van der Waals surface area contributed by atoms with E-state index >= 15 is 0 Å². The maximum absolute atomic E-state index is 12.2. The number of rotatable bonds is 9. The van der Waals surface area contributed by atoms with Crippen molar-refractivity contribution >= 4 is 143 Å². The van der Waals surface area contributed by atoms with E-state index in [2.05, 4.69) is 37.2 Å². The van der Waals surface area contributed by atoms with E-state index in [0.717, 1.165) is 47.7 Å². The number of carbonyl (C=O) groups excluding carboxylic acids is 8. The molecule has 2 aliphatic carbocycles. The number of ether oxygens (including phenoxy) is 7. The molecule has 135 heavy (non-hydrogen) atoms. The fraction of sp³-hybridized carbons (Fsp3) is 0.0973. The first kappa shape index (κ1) is 97.6. The number of furan rings is 2. The number of hydrogen-bond donors (Lipinski definition) is 1. The number of ketones is 7. The van der Waals surface area contributed by atoms with Gasteiger partial charge in [-0.3, -0.25) is 38.4 Å². The molecule has 22 heteroatoms. The number of anilines is 1. The number of nitrogens with one attached hydrogen (secondary N) is 1. The number of fused-ring (bicyclic) bond motifs is 8. The topological polar surface area (TPSA) is 239 Å². The van der Waals surface area contributed by atoms with Crippen LogP contribution in [0, 0.1) is 20.8 Å². The normalized spacial score (nSPS) is 16.4. The number of para-hydroxylation sites is 8. The van der Waals surface area contributed by atoms with Gasteiger partial charge in [0.25, 0.3) is 0 Å². The maximum atomic E-state index is 12.2. The molecule has 7 aliphatic heterocycles. The van der Waals surface area contributed by atoms with Crippen molar-refractivity contribution in [3.05, 3.63) is 463 Å². The van der Waals surface area contributed by atoms with Gasteiger partial charge in [0.05, 0.1) is 51.5 Å². The zero-order chi connectivity index (χ0) is 91.2. The summed E-state index contributed by atoms with van der Waals surface area (Å²) >= 11 is 8.47. The molecule has 3 aromatic heterocycles. The smallest absolute Gasteiger partial charge is 0.472 e. The van der Waals surface area contributed by atoms with E-state index in [0.29, 0.717) is 137 Å². The van der Waals surface area contributed by atoms with E-state index < -0.39 is 0 Å². The van der Waals surface area contributed by atoms with Crippen molar-refractivity contribution in [2.24, 2.45) is 5.92 Å². The molecule has 0 radical (unpaired) electrons. The molecule has 18 nitrogen and oxygen atoms in total. The predicted molar refractivity (Wildman–Crippen MR) is 531 cm³/mol. The van der Waals surface area contributed by atoms with Crippen molar-refractivity contribution in [3.8, 4) is 40.2 Å². The van der Waals surface area contributed by atoms with E-state index in [4.69, 9.17) is 42.0 Å². The second-order valence-corrected chi connectivity index (χ2v) is 33.5. The number of allylic oxidation sites excluding steroid dienone is 10. The largest absolute Gasteiger partial charge is 2.00 e. The average molecular weight is 1980 g/mol. The summed E-state index contributed by atoms with van der Waals surface area (Å²) < 4.78 is 51.3. The summed E-state index contributed by atoms with van der Waals surface area (Å²) in [6.45, 7) is 1.46. The van der Waals surface area contributed by atoms with Crippen molar-refractivity contribution in [2.45, 2.75) is 64.7 Å². The standard InChI is InChI=1S/C17H13NO3.C17H10O3.C17H12O2.C15H8Br2O2.C14H14O2.C13H8O3.C13H8O2S.C5H10.2CH3.Fe/c1-11(19)18-13-8-6-12(7-9-13)10-16-17(20)14-4-2-3-5-15(14)21-16;18-17-13-6-2-4-8-15(13)20-16(17)10-12-9-11-5-1-3-7-14(11)19-12;18-17-14-10-4-5-11-15(14)19-16(17)12-6-9-13-7-2-1-3-8-13;16-10-5-6-12(17)9(7-10)8-14-15(18)11-3-1-2-4-13(11)19-14;15-14-11-7-3-4-8-12(11)16-13(14)9-10-5-1-2-6-10;14-13-10-3-1-2-4-11(10)16-12(13)7-9-5-6-15-8-9;14-13-10-3-1-2-4-11(10)15-12(13)7-9-5-6-16-8-9;1-2-4-5-3-1;;;/h2-10H,1H3,(H,18,19);1-10H;1-12H;1-8H;3-4,7-10H,1-2,5-6H2;2*1-8H;1-5H2;2*1H3;/q;;;;;;;;2*-1;+2/b2*16-10-;9-6+,16-12-;14-8-;13-9-;2*12-7-;;;;. The monoisotopic (exact) mass is 1980 g/mol. The number of Topliss-reactive ketones (excluding diaryl/α,β-unsaturated/α-hetero) is 7. The van der Waals surface area contributed by atoms with Crippen molar-refractivity contribution in [1.29, 1.82) is 0 Å². The third-order valence-corrected chi connectivity index (χ3v) is 23.5. The molecule has 0 atom stereocenters. The Morgan fingerprint density at radius 2 is 0.770 bits per heavy atom. The van der Waals surface area contributed by atoms with Crippen molar-refractivity contribution in [3.63, 3.8) is 0 Å². The SMILES string of the molecule is C1CCCC1.CC(=O)Nc1ccc(/C=C2\Oc3ccccc3C2=O)cc1.O=C1/C(=C/C2CCCC2)Oc2ccccc21.O=C1/C(=C/C=C/c2ccccc2)Oc2ccccc21.O=C1/C(=C/c2cc(Br)ccc2Br)Oc2ccccc21.O=C1/C(=C/c2cc3ccccc3o2)Oc2ccccc21.O=C1/C(=C/c2ccoc2)Oc2ccccc21.O=C1/C(=C/c2ccsc2)Oc2ccccc21.[CH3-].[CH3-].[Fe+2]. The van der Waals surface area contributed by atoms with Crippen LogP contribution in [0.4, 0.5) is 5.69 Å². The van der Waals surface area contributed by atoms with Crippen LogP contribution in [-0.4, -0.2) is 46.4 Å². The van der Waals surface area contributed by atoms with Crippen molar-refractivity contribution in [2.75, 3.05) is 5.32 Å².